The number of rotatable bonds is 4. The molecule has 1 aromatic heterocycles. The zero-order valence-corrected chi connectivity index (χ0v) is 25.4. The van der Waals surface area contributed by atoms with E-state index in [-0.39, 0.29) is 0 Å². The van der Waals surface area contributed by atoms with Gasteiger partial charge in [-0.15, -0.1) is 0 Å². The van der Waals surface area contributed by atoms with E-state index in [1.54, 1.807) is 0 Å². The van der Waals surface area contributed by atoms with Crippen molar-refractivity contribution in [2.75, 3.05) is 0 Å². The maximum Gasteiger partial charge on any atom is 0.0722 e. The minimum Gasteiger partial charge on any atom is -0.248 e. The number of fused-ring (bicyclic) bond motifs is 4. The van der Waals surface area contributed by atoms with Gasteiger partial charge in [0.25, 0.3) is 0 Å². The Kier molecular flexibility index (Phi) is 8.51. The fourth-order valence-corrected chi connectivity index (χ4v) is 5.91. The second-order valence-electron chi connectivity index (χ2n) is 10.9. The first-order valence-electron chi connectivity index (χ1n) is 15.5. The highest BCUT2D eigenvalue weighted by Gasteiger charge is 2.23. The number of hydrogen-bond donors (Lipinski definition) is 0. The van der Waals surface area contributed by atoms with E-state index in [4.69, 9.17) is 9.97 Å². The van der Waals surface area contributed by atoms with Crippen LogP contribution in [-0.2, 0) is 0 Å². The van der Waals surface area contributed by atoms with Gasteiger partial charge in [-0.05, 0) is 46.5 Å². The van der Waals surface area contributed by atoms with Crippen LogP contribution in [0.15, 0.2) is 194 Å². The minimum atomic E-state index is 0.935. The van der Waals surface area contributed by atoms with Crippen molar-refractivity contribution in [1.82, 2.24) is 9.97 Å². The molecule has 0 N–H and O–H groups in total. The van der Waals surface area contributed by atoms with Crippen LogP contribution in [-0.4, -0.2) is 9.97 Å². The molecule has 5 aromatic rings. The molecule has 218 valence electrons. The quantitative estimate of drug-likeness (QED) is 0.204. The smallest absolute Gasteiger partial charge is 0.0722 e. The van der Waals surface area contributed by atoms with Crippen molar-refractivity contribution < 1.29 is 0 Å². The predicted molar refractivity (Wildman–Crippen MR) is 191 cm³/mol. The third kappa shape index (κ3) is 6.10. The summed E-state index contributed by atoms with van der Waals surface area (Å²) in [6.07, 6.45) is 0. The zero-order chi connectivity index (χ0) is 31.0. The number of aromatic nitrogens is 2. The highest BCUT2D eigenvalue weighted by Crippen LogP contribution is 2.40. The van der Waals surface area contributed by atoms with Gasteiger partial charge in [0, 0.05) is 22.3 Å². The molecule has 2 heteroatoms. The molecule has 0 amide bonds. The maximum atomic E-state index is 5.14. The molecule has 0 aliphatic carbocycles. The second kappa shape index (κ2) is 13.7. The largest absolute Gasteiger partial charge is 0.248 e. The van der Waals surface area contributed by atoms with E-state index in [2.05, 4.69) is 170 Å². The van der Waals surface area contributed by atoms with E-state index < -0.39 is 0 Å². The van der Waals surface area contributed by atoms with Crippen LogP contribution in [0.5, 0.6) is 0 Å². The Morgan fingerprint density at radius 2 is 0.370 bits per heavy atom. The highest BCUT2D eigenvalue weighted by molar-refractivity contribution is 6.06. The van der Waals surface area contributed by atoms with Crippen molar-refractivity contribution in [2.45, 2.75) is 0 Å². The Morgan fingerprint density at radius 1 is 0.196 bits per heavy atom. The SMILES string of the molecule is c1ccc(C2=C(c3ccccc3)c3ccccccc4nc(ccccccc2n3)C(c2ccccc2)=C4c2ccccc2)cc1. The van der Waals surface area contributed by atoms with Crippen LogP contribution >= 0.6 is 0 Å². The first kappa shape index (κ1) is 28.6. The summed E-state index contributed by atoms with van der Waals surface area (Å²) >= 11 is 0. The summed E-state index contributed by atoms with van der Waals surface area (Å²) < 4.78 is 0. The summed E-state index contributed by atoms with van der Waals surface area (Å²) in [5, 5.41) is 0. The van der Waals surface area contributed by atoms with E-state index in [1.165, 1.54) is 0 Å². The molecule has 0 atom stereocenters. The molecule has 2 nitrogen and oxygen atoms in total. The van der Waals surface area contributed by atoms with Gasteiger partial charge >= 0.3 is 0 Å². The molecule has 0 fully saturated rings. The van der Waals surface area contributed by atoms with Crippen LogP contribution in [0.25, 0.3) is 22.3 Å². The summed E-state index contributed by atoms with van der Waals surface area (Å²) in [4.78, 5) is 10.3. The monoisotopic (exact) mass is 588 g/mol. The van der Waals surface area contributed by atoms with Gasteiger partial charge < -0.3 is 0 Å². The number of benzene rings is 4. The van der Waals surface area contributed by atoms with Gasteiger partial charge in [0.2, 0.25) is 0 Å². The third-order valence-corrected chi connectivity index (χ3v) is 7.94. The topological polar surface area (TPSA) is 25.8 Å². The lowest BCUT2D eigenvalue weighted by Gasteiger charge is -2.09. The van der Waals surface area contributed by atoms with Crippen molar-refractivity contribution in [1.29, 1.82) is 0 Å². The predicted octanol–water partition coefficient (Wildman–Crippen LogP) is 10.5. The normalized spacial score (nSPS) is 12.2. The van der Waals surface area contributed by atoms with Gasteiger partial charge in [0.1, 0.15) is 0 Å². The Balaban J connectivity index is 1.42. The molecule has 2 aliphatic heterocycles. The zero-order valence-electron chi connectivity index (χ0n) is 25.4. The van der Waals surface area contributed by atoms with Crippen LogP contribution in [0, 0.1) is 0 Å². The van der Waals surface area contributed by atoms with Crippen molar-refractivity contribution in [2.24, 2.45) is 0 Å². The Morgan fingerprint density at radius 3 is 0.587 bits per heavy atom. The molecule has 7 rings (SSSR count). The first-order chi connectivity index (χ1) is 22.9. The average Bonchev–Trinajstić information content (AvgIpc) is 3.67. The first-order valence-corrected chi connectivity index (χ1v) is 15.5. The van der Waals surface area contributed by atoms with Gasteiger partial charge in [-0.2, -0.15) is 0 Å². The van der Waals surface area contributed by atoms with E-state index in [9.17, 15) is 0 Å². The molecule has 4 aromatic carbocycles. The van der Waals surface area contributed by atoms with Crippen molar-refractivity contribution in [3.63, 3.8) is 0 Å². The van der Waals surface area contributed by atoms with E-state index >= 15 is 0 Å². The maximum absolute atomic E-state index is 5.14. The fraction of sp³-hybridized carbons (Fsp3) is 0. The lowest BCUT2D eigenvalue weighted by molar-refractivity contribution is 1.29. The lowest BCUT2D eigenvalue weighted by Crippen LogP contribution is -1.90. The van der Waals surface area contributed by atoms with Crippen LogP contribution in [0.2, 0.25) is 0 Å². The summed E-state index contributed by atoms with van der Waals surface area (Å²) in [6, 6.07) is 66.9. The van der Waals surface area contributed by atoms with Crippen molar-refractivity contribution in [3.05, 3.63) is 239 Å². The molecule has 0 saturated carbocycles. The standard InChI is InChI=1S/C44H32N2/c1-2-18-30-38-42(34-23-11-6-12-24-34)44(36-27-15-8-16-28-36)40(46-38)32-20-4-3-19-31-39-43(35-25-13-7-14-26-35)41(37(45-39)29-17-1)33-21-9-5-10-22-33/h1-32H. The van der Waals surface area contributed by atoms with E-state index in [1.807, 2.05) is 24.3 Å². The molecule has 2 aliphatic rings. The van der Waals surface area contributed by atoms with Crippen molar-refractivity contribution >= 4 is 22.3 Å². The molecule has 0 spiro atoms. The molecular weight excluding hydrogens is 556 g/mol. The number of nitrogens with zero attached hydrogens (tertiary/aromatic N) is 2. The van der Waals surface area contributed by atoms with E-state index in [0.29, 0.717) is 0 Å². The molecule has 3 heterocycles. The summed E-state index contributed by atoms with van der Waals surface area (Å²) in [7, 11) is 0. The van der Waals surface area contributed by atoms with Gasteiger partial charge in [0.05, 0.1) is 22.8 Å². The van der Waals surface area contributed by atoms with Crippen LogP contribution in [0.3, 0.4) is 0 Å². The number of hydrogen-bond acceptors (Lipinski definition) is 2. The molecule has 4 bridgehead atoms. The van der Waals surface area contributed by atoms with E-state index in [0.717, 1.165) is 67.3 Å². The Hall–Kier alpha value is -6.12. The summed E-state index contributed by atoms with van der Waals surface area (Å²) in [5.74, 6) is 0. The van der Waals surface area contributed by atoms with Gasteiger partial charge in [-0.3, -0.25) is 0 Å². The van der Waals surface area contributed by atoms with Crippen LogP contribution < -0.4 is 0 Å². The van der Waals surface area contributed by atoms with Gasteiger partial charge in [-0.1, -0.05) is 170 Å². The van der Waals surface area contributed by atoms with Crippen LogP contribution in [0.1, 0.15) is 45.0 Å². The highest BCUT2D eigenvalue weighted by atomic mass is 14.8. The third-order valence-electron chi connectivity index (χ3n) is 7.94. The Labute approximate surface area is 270 Å². The van der Waals surface area contributed by atoms with Gasteiger partial charge in [0.15, 0.2) is 0 Å². The fourth-order valence-electron chi connectivity index (χ4n) is 5.91. The molecule has 0 unspecified atom stereocenters. The molecular formula is C44H32N2. The lowest BCUT2D eigenvalue weighted by atomic mass is 9.92. The molecule has 0 radical (unpaired) electrons. The Bertz CT molecular complexity index is 1810. The summed E-state index contributed by atoms with van der Waals surface area (Å²) in [5.41, 5.74) is 12.8. The minimum absolute atomic E-state index is 0.935. The van der Waals surface area contributed by atoms with Gasteiger partial charge in [-0.25, -0.2) is 9.97 Å². The molecule has 46 heavy (non-hydrogen) atoms. The molecule has 0 saturated heterocycles. The van der Waals surface area contributed by atoms with Crippen LogP contribution in [0.4, 0.5) is 0 Å². The average molecular weight is 589 g/mol. The second-order valence-corrected chi connectivity index (χ2v) is 10.9. The summed E-state index contributed by atoms with van der Waals surface area (Å²) in [6.45, 7) is 0. The van der Waals surface area contributed by atoms with Crippen molar-refractivity contribution in [3.8, 4) is 0 Å².